The van der Waals surface area contributed by atoms with Crippen molar-refractivity contribution in [2.45, 2.75) is 6.92 Å². The molecule has 0 aliphatic heterocycles. The summed E-state index contributed by atoms with van der Waals surface area (Å²) >= 11 is 0. The maximum atomic E-state index is 11.8. The summed E-state index contributed by atoms with van der Waals surface area (Å²) in [6, 6.07) is 9.24. The number of nitrogens with zero attached hydrogens (tertiary/aromatic N) is 5. The van der Waals surface area contributed by atoms with Crippen molar-refractivity contribution >= 4 is 34.3 Å². The number of pyridine rings is 2. The van der Waals surface area contributed by atoms with Gasteiger partial charge in [0.2, 0.25) is 0 Å². The molecule has 9 nitrogen and oxygen atoms in total. The smallest absolute Gasteiger partial charge is 0.250 e. The van der Waals surface area contributed by atoms with E-state index in [0.717, 1.165) is 27.7 Å². The number of amides is 1. The van der Waals surface area contributed by atoms with Crippen molar-refractivity contribution in [2.75, 3.05) is 18.9 Å². The minimum absolute atomic E-state index is 0.430. The Balaban J connectivity index is 1.84. The van der Waals surface area contributed by atoms with Gasteiger partial charge in [0, 0.05) is 66.8 Å². The van der Waals surface area contributed by atoms with Gasteiger partial charge in [-0.3, -0.25) is 19.8 Å². The highest BCUT2D eigenvalue weighted by Crippen LogP contribution is 2.31. The molecule has 33 heavy (non-hydrogen) atoms. The van der Waals surface area contributed by atoms with Crippen LogP contribution in [0.2, 0.25) is 0 Å². The van der Waals surface area contributed by atoms with Crippen LogP contribution in [0.1, 0.15) is 23.0 Å². The molecule has 1 amide bonds. The Morgan fingerprint density at radius 1 is 1.18 bits per heavy atom. The molecule has 166 valence electrons. The Morgan fingerprint density at radius 3 is 2.73 bits per heavy atom. The Labute approximate surface area is 190 Å². The van der Waals surface area contributed by atoms with Gasteiger partial charge in [0.05, 0.1) is 34.5 Å². The van der Waals surface area contributed by atoms with Crippen LogP contribution in [0.3, 0.4) is 0 Å². The number of rotatable bonds is 7. The van der Waals surface area contributed by atoms with E-state index in [1.165, 1.54) is 6.20 Å². The summed E-state index contributed by atoms with van der Waals surface area (Å²) in [5.74, 6) is -0.487. The number of hydrogen-bond donors (Lipinski definition) is 3. The highest BCUT2D eigenvalue weighted by molar-refractivity contribution is 6.08. The SMILES string of the molecule is CCNc1cc(-c2nccc3c(-n4cnc(C(C=NC)=CN)c4)ccnc23)ccc1C(N)=O. The van der Waals surface area contributed by atoms with Gasteiger partial charge in [-0.05, 0) is 31.2 Å². The van der Waals surface area contributed by atoms with E-state index in [1.54, 1.807) is 38.0 Å². The number of allylic oxidation sites excluding steroid dienone is 1. The van der Waals surface area contributed by atoms with Gasteiger partial charge >= 0.3 is 0 Å². The average Bonchev–Trinajstić information content (AvgIpc) is 3.31. The number of nitrogens with one attached hydrogen (secondary N) is 1. The molecule has 4 rings (SSSR count). The third-order valence-electron chi connectivity index (χ3n) is 5.17. The molecule has 0 atom stereocenters. The van der Waals surface area contributed by atoms with Crippen molar-refractivity contribution in [3.63, 3.8) is 0 Å². The van der Waals surface area contributed by atoms with Gasteiger partial charge in [-0.15, -0.1) is 0 Å². The van der Waals surface area contributed by atoms with E-state index in [4.69, 9.17) is 11.5 Å². The lowest BCUT2D eigenvalue weighted by atomic mass is 10.0. The molecule has 5 N–H and O–H groups in total. The van der Waals surface area contributed by atoms with E-state index < -0.39 is 5.91 Å². The molecule has 0 spiro atoms. The van der Waals surface area contributed by atoms with Gasteiger partial charge < -0.3 is 21.4 Å². The van der Waals surface area contributed by atoms with Crippen LogP contribution in [0, 0.1) is 0 Å². The van der Waals surface area contributed by atoms with Crippen molar-refractivity contribution in [2.24, 2.45) is 16.5 Å². The monoisotopic (exact) mass is 440 g/mol. The fourth-order valence-electron chi connectivity index (χ4n) is 3.68. The molecule has 0 radical (unpaired) electrons. The molecular weight excluding hydrogens is 416 g/mol. The third-order valence-corrected chi connectivity index (χ3v) is 5.17. The van der Waals surface area contributed by atoms with Crippen molar-refractivity contribution in [3.8, 4) is 16.9 Å². The standard InChI is InChI=1S/C24H24N8O/c1-3-28-19-10-15(4-5-17(19)24(26)33)22-23-18(6-8-29-22)21(7-9-30-23)32-13-20(31-14-32)16(11-25)12-27-2/h4-14,28H,3,25H2,1-2H3,(H2,26,33). The second kappa shape index (κ2) is 9.31. The quantitative estimate of drug-likeness (QED) is 0.378. The molecule has 1 aromatic carbocycles. The number of primary amides is 1. The predicted octanol–water partition coefficient (Wildman–Crippen LogP) is 3.01. The lowest BCUT2D eigenvalue weighted by Gasteiger charge is -2.13. The minimum Gasteiger partial charge on any atom is -0.404 e. The second-order valence-corrected chi connectivity index (χ2v) is 7.22. The minimum atomic E-state index is -0.487. The van der Waals surface area contributed by atoms with Gasteiger partial charge in [0.15, 0.2) is 0 Å². The zero-order valence-electron chi connectivity index (χ0n) is 18.4. The third kappa shape index (κ3) is 4.16. The Kier molecular flexibility index (Phi) is 6.12. The van der Waals surface area contributed by atoms with E-state index in [9.17, 15) is 4.79 Å². The van der Waals surface area contributed by atoms with Crippen LogP contribution in [-0.2, 0) is 0 Å². The summed E-state index contributed by atoms with van der Waals surface area (Å²) in [7, 11) is 1.68. The molecule has 0 aliphatic carbocycles. The van der Waals surface area contributed by atoms with E-state index in [0.29, 0.717) is 29.2 Å². The van der Waals surface area contributed by atoms with Crippen molar-refractivity contribution in [1.82, 2.24) is 19.5 Å². The molecule has 0 aliphatic rings. The highest BCUT2D eigenvalue weighted by Gasteiger charge is 2.15. The van der Waals surface area contributed by atoms with Crippen molar-refractivity contribution in [3.05, 3.63) is 72.7 Å². The average molecular weight is 441 g/mol. The van der Waals surface area contributed by atoms with E-state index in [1.807, 2.05) is 42.0 Å². The molecule has 4 aromatic rings. The zero-order chi connectivity index (χ0) is 23.4. The van der Waals surface area contributed by atoms with Crippen LogP contribution in [0.5, 0.6) is 0 Å². The van der Waals surface area contributed by atoms with Crippen molar-refractivity contribution in [1.29, 1.82) is 0 Å². The second-order valence-electron chi connectivity index (χ2n) is 7.22. The summed E-state index contributed by atoms with van der Waals surface area (Å²) in [5.41, 5.74) is 16.9. The molecular formula is C24H24N8O. The van der Waals surface area contributed by atoms with Gasteiger partial charge in [-0.1, -0.05) is 6.07 Å². The number of hydrogen-bond acceptors (Lipinski definition) is 7. The topological polar surface area (TPSA) is 137 Å². The highest BCUT2D eigenvalue weighted by atomic mass is 16.1. The van der Waals surface area contributed by atoms with Gasteiger partial charge in [-0.25, -0.2) is 4.98 Å². The van der Waals surface area contributed by atoms with E-state index in [2.05, 4.69) is 25.3 Å². The lowest BCUT2D eigenvalue weighted by molar-refractivity contribution is 0.100. The number of aliphatic imine (C=N–C) groups is 1. The maximum Gasteiger partial charge on any atom is 0.250 e. The number of fused-ring (bicyclic) bond motifs is 1. The number of anilines is 1. The summed E-state index contributed by atoms with van der Waals surface area (Å²) in [4.78, 5) is 29.5. The van der Waals surface area contributed by atoms with Crippen LogP contribution in [0.25, 0.3) is 33.4 Å². The summed E-state index contributed by atoms with van der Waals surface area (Å²) in [5, 5.41) is 4.10. The summed E-state index contributed by atoms with van der Waals surface area (Å²) in [6.07, 6.45) is 10.2. The first-order valence-corrected chi connectivity index (χ1v) is 10.4. The Bertz CT molecular complexity index is 1390. The number of carbonyl (C=O) groups excluding carboxylic acids is 1. The first-order valence-electron chi connectivity index (χ1n) is 10.4. The first-order chi connectivity index (χ1) is 16.1. The molecule has 0 unspecified atom stereocenters. The van der Waals surface area contributed by atoms with Crippen LogP contribution in [0.4, 0.5) is 5.69 Å². The van der Waals surface area contributed by atoms with E-state index in [-0.39, 0.29) is 0 Å². The van der Waals surface area contributed by atoms with Gasteiger partial charge in [0.25, 0.3) is 5.91 Å². The molecule has 3 heterocycles. The molecule has 0 saturated heterocycles. The van der Waals surface area contributed by atoms with Crippen molar-refractivity contribution < 1.29 is 4.79 Å². The number of carbonyl (C=O) groups is 1. The molecule has 0 fully saturated rings. The predicted molar refractivity (Wildman–Crippen MR) is 131 cm³/mol. The zero-order valence-corrected chi connectivity index (χ0v) is 18.4. The molecule has 0 bridgehead atoms. The lowest BCUT2D eigenvalue weighted by Crippen LogP contribution is -2.14. The number of imidazole rings is 1. The molecule has 0 saturated carbocycles. The number of aromatic nitrogens is 4. The normalized spacial score (nSPS) is 11.9. The number of benzene rings is 1. The van der Waals surface area contributed by atoms with E-state index >= 15 is 0 Å². The summed E-state index contributed by atoms with van der Waals surface area (Å²) in [6.45, 7) is 2.61. The fraction of sp³-hybridized carbons (Fsp3) is 0.125. The van der Waals surface area contributed by atoms with Crippen LogP contribution in [0.15, 0.2) is 66.4 Å². The van der Waals surface area contributed by atoms with Crippen LogP contribution in [-0.4, -0.2) is 45.2 Å². The Morgan fingerprint density at radius 2 is 2.00 bits per heavy atom. The first kappa shape index (κ1) is 21.7. The Hall–Kier alpha value is -4.53. The molecule has 9 heteroatoms. The van der Waals surface area contributed by atoms with Gasteiger partial charge in [0.1, 0.15) is 0 Å². The molecule has 3 aromatic heterocycles. The van der Waals surface area contributed by atoms with Crippen LogP contribution < -0.4 is 16.8 Å². The number of nitrogens with two attached hydrogens (primary N) is 2. The summed E-state index contributed by atoms with van der Waals surface area (Å²) < 4.78 is 1.91. The largest absolute Gasteiger partial charge is 0.404 e. The maximum absolute atomic E-state index is 11.8. The van der Waals surface area contributed by atoms with Crippen LogP contribution >= 0.6 is 0 Å². The fourth-order valence-corrected chi connectivity index (χ4v) is 3.68. The van der Waals surface area contributed by atoms with Gasteiger partial charge in [-0.2, -0.15) is 0 Å².